The number of ether oxygens (including phenoxy) is 1. The number of nitrogens with zero attached hydrogens (tertiary/aromatic N) is 2. The Labute approximate surface area is 192 Å². The van der Waals surface area contributed by atoms with E-state index in [0.29, 0.717) is 28.9 Å². The van der Waals surface area contributed by atoms with E-state index in [1.807, 2.05) is 0 Å². The van der Waals surface area contributed by atoms with Gasteiger partial charge < -0.3 is 15.0 Å². The molecule has 1 amide bonds. The standard InChI is InChI=1S/C22H24FN3O4S.ClH/c1-30-18-11-15(4-5-17(18)23)25-21-20-14-3-2-13(10-14)19(20)16(12-24-21)22(27)26-6-8-31(28,29)9-7-26;/h4-5,11-14H,2-3,6-10H2,1H3,(H,24,25);1H. The molecule has 2 bridgehead atoms. The lowest BCUT2D eigenvalue weighted by Crippen LogP contribution is -2.44. The van der Waals surface area contributed by atoms with Gasteiger partial charge in [0, 0.05) is 36.6 Å². The first-order valence-electron chi connectivity index (χ1n) is 10.5. The fourth-order valence-electron chi connectivity index (χ4n) is 5.13. The van der Waals surface area contributed by atoms with E-state index >= 15 is 0 Å². The molecule has 1 saturated carbocycles. The number of rotatable bonds is 4. The summed E-state index contributed by atoms with van der Waals surface area (Å²) in [5, 5.41) is 3.29. The number of aromatic nitrogens is 1. The Morgan fingerprint density at radius 1 is 1.19 bits per heavy atom. The first-order valence-corrected chi connectivity index (χ1v) is 12.3. The van der Waals surface area contributed by atoms with E-state index < -0.39 is 15.7 Å². The van der Waals surface area contributed by atoms with Crippen LogP contribution in [-0.2, 0) is 9.84 Å². The summed E-state index contributed by atoms with van der Waals surface area (Å²) in [4.78, 5) is 19.5. The van der Waals surface area contributed by atoms with Gasteiger partial charge in [-0.3, -0.25) is 4.79 Å². The monoisotopic (exact) mass is 481 g/mol. The molecule has 2 atom stereocenters. The zero-order chi connectivity index (χ0) is 21.8. The molecule has 5 rings (SSSR count). The average molecular weight is 482 g/mol. The predicted molar refractivity (Wildman–Crippen MR) is 122 cm³/mol. The van der Waals surface area contributed by atoms with Crippen molar-refractivity contribution in [1.29, 1.82) is 0 Å². The number of pyridine rings is 1. The number of hydrogen-bond acceptors (Lipinski definition) is 6. The van der Waals surface area contributed by atoms with Gasteiger partial charge in [-0.2, -0.15) is 0 Å². The smallest absolute Gasteiger partial charge is 0.255 e. The van der Waals surface area contributed by atoms with Crippen molar-refractivity contribution in [2.75, 3.05) is 37.0 Å². The molecule has 1 aliphatic heterocycles. The fourth-order valence-corrected chi connectivity index (χ4v) is 6.33. The van der Waals surface area contributed by atoms with Crippen LogP contribution in [0.15, 0.2) is 24.4 Å². The molecule has 1 aromatic heterocycles. The van der Waals surface area contributed by atoms with E-state index in [2.05, 4.69) is 10.3 Å². The number of amides is 1. The first kappa shape index (κ1) is 22.8. The zero-order valence-electron chi connectivity index (χ0n) is 17.6. The second-order valence-electron chi connectivity index (χ2n) is 8.47. The molecule has 32 heavy (non-hydrogen) atoms. The minimum atomic E-state index is -3.06. The van der Waals surface area contributed by atoms with Gasteiger partial charge in [-0.25, -0.2) is 17.8 Å². The number of halogens is 2. The van der Waals surface area contributed by atoms with Gasteiger partial charge in [0.25, 0.3) is 5.91 Å². The van der Waals surface area contributed by atoms with Crippen LogP contribution in [0, 0.1) is 5.82 Å². The SMILES string of the molecule is COc1cc(Nc2ncc(C(=O)N3CCS(=O)(=O)CC3)c3c2C2CCC3C2)ccc1F.Cl. The van der Waals surface area contributed by atoms with Gasteiger partial charge >= 0.3 is 0 Å². The predicted octanol–water partition coefficient (Wildman–Crippen LogP) is 3.63. The van der Waals surface area contributed by atoms with Crippen molar-refractivity contribution in [2.45, 2.75) is 31.1 Å². The molecular weight excluding hydrogens is 457 g/mol. The van der Waals surface area contributed by atoms with Gasteiger partial charge in [-0.15, -0.1) is 12.4 Å². The van der Waals surface area contributed by atoms with Gasteiger partial charge in [0.2, 0.25) is 0 Å². The summed E-state index contributed by atoms with van der Waals surface area (Å²) in [6, 6.07) is 4.56. The Balaban J connectivity index is 0.00000245. The van der Waals surface area contributed by atoms with Gasteiger partial charge in [-0.05, 0) is 48.8 Å². The molecule has 10 heteroatoms. The van der Waals surface area contributed by atoms with E-state index in [1.165, 1.54) is 13.2 Å². The van der Waals surface area contributed by atoms with Crippen LogP contribution in [0.1, 0.15) is 52.6 Å². The fraction of sp³-hybridized carbons (Fsp3) is 0.455. The number of benzene rings is 1. The molecule has 1 aromatic carbocycles. The maximum absolute atomic E-state index is 13.8. The van der Waals surface area contributed by atoms with Crippen molar-refractivity contribution in [3.63, 3.8) is 0 Å². The summed E-state index contributed by atoms with van der Waals surface area (Å²) >= 11 is 0. The molecule has 2 aliphatic carbocycles. The average Bonchev–Trinajstić information content (AvgIpc) is 3.38. The second-order valence-corrected chi connectivity index (χ2v) is 10.8. The highest BCUT2D eigenvalue weighted by molar-refractivity contribution is 7.91. The number of fused-ring (bicyclic) bond motifs is 5. The third-order valence-electron chi connectivity index (χ3n) is 6.68. The molecule has 2 unspecified atom stereocenters. The zero-order valence-corrected chi connectivity index (χ0v) is 19.3. The highest BCUT2D eigenvalue weighted by Gasteiger charge is 2.42. The van der Waals surface area contributed by atoms with Crippen LogP contribution in [-0.4, -0.2) is 55.9 Å². The summed E-state index contributed by atoms with van der Waals surface area (Å²) in [5.74, 6) is 0.934. The summed E-state index contributed by atoms with van der Waals surface area (Å²) in [7, 11) is -1.64. The Morgan fingerprint density at radius 2 is 1.88 bits per heavy atom. The first-order chi connectivity index (χ1) is 14.9. The molecule has 0 spiro atoms. The van der Waals surface area contributed by atoms with Gasteiger partial charge in [0.05, 0.1) is 24.2 Å². The number of anilines is 2. The normalized spacial score (nSPS) is 22.8. The number of nitrogens with one attached hydrogen (secondary N) is 1. The maximum atomic E-state index is 13.8. The third kappa shape index (κ3) is 3.92. The Morgan fingerprint density at radius 3 is 2.56 bits per heavy atom. The molecule has 2 aromatic rings. The second kappa shape index (κ2) is 8.51. The van der Waals surface area contributed by atoms with Crippen LogP contribution in [0.25, 0.3) is 0 Å². The molecule has 3 aliphatic rings. The lowest BCUT2D eigenvalue weighted by atomic mass is 9.88. The van der Waals surface area contributed by atoms with Crippen LogP contribution in [0.5, 0.6) is 5.75 Å². The molecule has 1 saturated heterocycles. The largest absolute Gasteiger partial charge is 0.494 e. The number of carbonyl (C=O) groups is 1. The summed E-state index contributed by atoms with van der Waals surface area (Å²) in [6.45, 7) is 0.443. The third-order valence-corrected chi connectivity index (χ3v) is 8.29. The quantitative estimate of drug-likeness (QED) is 0.717. The summed E-state index contributed by atoms with van der Waals surface area (Å²) < 4.78 is 42.3. The maximum Gasteiger partial charge on any atom is 0.255 e. The lowest BCUT2D eigenvalue weighted by Gasteiger charge is -2.29. The summed E-state index contributed by atoms with van der Waals surface area (Å²) in [6.07, 6.45) is 4.70. The number of carbonyl (C=O) groups excluding carboxylic acids is 1. The van der Waals surface area contributed by atoms with Crippen molar-refractivity contribution in [3.05, 3.63) is 46.9 Å². The van der Waals surface area contributed by atoms with E-state index in [-0.39, 0.29) is 48.7 Å². The summed E-state index contributed by atoms with van der Waals surface area (Å²) in [5.41, 5.74) is 3.36. The van der Waals surface area contributed by atoms with Crippen LogP contribution in [0.2, 0.25) is 0 Å². The number of methoxy groups -OCH3 is 1. The molecule has 2 fully saturated rings. The topological polar surface area (TPSA) is 88.6 Å². The van der Waals surface area contributed by atoms with Crippen LogP contribution < -0.4 is 10.1 Å². The molecule has 7 nitrogen and oxygen atoms in total. The van der Waals surface area contributed by atoms with Crippen LogP contribution in [0.4, 0.5) is 15.9 Å². The Bertz CT molecular complexity index is 1160. The molecule has 1 N–H and O–H groups in total. The molecule has 0 radical (unpaired) electrons. The molecule has 172 valence electrons. The van der Waals surface area contributed by atoms with Crippen molar-refractivity contribution < 1.29 is 22.3 Å². The van der Waals surface area contributed by atoms with Gasteiger partial charge in [0.1, 0.15) is 5.82 Å². The number of hydrogen-bond donors (Lipinski definition) is 1. The Hall–Kier alpha value is -2.39. The van der Waals surface area contributed by atoms with E-state index in [9.17, 15) is 17.6 Å². The van der Waals surface area contributed by atoms with Crippen LogP contribution in [0.3, 0.4) is 0 Å². The highest BCUT2D eigenvalue weighted by atomic mass is 35.5. The highest BCUT2D eigenvalue weighted by Crippen LogP contribution is 2.56. The lowest BCUT2D eigenvalue weighted by molar-refractivity contribution is 0.0768. The van der Waals surface area contributed by atoms with Crippen molar-refractivity contribution in [3.8, 4) is 5.75 Å². The number of sulfone groups is 1. The minimum absolute atomic E-state index is 0. The van der Waals surface area contributed by atoms with E-state index in [4.69, 9.17) is 4.74 Å². The van der Waals surface area contributed by atoms with E-state index in [1.54, 1.807) is 23.2 Å². The van der Waals surface area contributed by atoms with Crippen molar-refractivity contribution >= 4 is 39.7 Å². The van der Waals surface area contributed by atoms with Gasteiger partial charge in [0.15, 0.2) is 21.4 Å². The van der Waals surface area contributed by atoms with Crippen molar-refractivity contribution in [1.82, 2.24) is 9.88 Å². The Kier molecular flexibility index (Phi) is 6.06. The minimum Gasteiger partial charge on any atom is -0.494 e. The van der Waals surface area contributed by atoms with Crippen molar-refractivity contribution in [2.24, 2.45) is 0 Å². The molecular formula is C22H25ClFN3O4S. The van der Waals surface area contributed by atoms with Gasteiger partial charge in [-0.1, -0.05) is 0 Å². The van der Waals surface area contributed by atoms with E-state index in [0.717, 1.165) is 30.4 Å². The van der Waals surface area contributed by atoms with Crippen LogP contribution >= 0.6 is 12.4 Å². The molecule has 2 heterocycles.